The third-order valence-electron chi connectivity index (χ3n) is 5.01. The van der Waals surface area contributed by atoms with E-state index < -0.39 is 0 Å². The van der Waals surface area contributed by atoms with Crippen molar-refractivity contribution >= 4 is 22.6 Å². The number of fused-ring (bicyclic) bond motifs is 1. The number of amides is 1. The molecule has 0 bridgehead atoms. The molecule has 0 atom stereocenters. The molecule has 1 fully saturated rings. The number of carbonyl (C=O) groups is 1. The molecule has 0 unspecified atom stereocenters. The van der Waals surface area contributed by atoms with Crippen LogP contribution >= 0.6 is 0 Å². The molecule has 1 aliphatic carbocycles. The van der Waals surface area contributed by atoms with Crippen LogP contribution in [0.15, 0.2) is 48.8 Å². The van der Waals surface area contributed by atoms with Crippen molar-refractivity contribution in [2.45, 2.75) is 39.3 Å². The summed E-state index contributed by atoms with van der Waals surface area (Å²) >= 11 is 0. The molecule has 1 aliphatic rings. The summed E-state index contributed by atoms with van der Waals surface area (Å²) in [5, 5.41) is 4.55. The quantitative estimate of drug-likeness (QED) is 0.714. The van der Waals surface area contributed by atoms with Gasteiger partial charge in [0.15, 0.2) is 0 Å². The Labute approximate surface area is 159 Å². The minimum absolute atomic E-state index is 0.0987. The third-order valence-corrected chi connectivity index (χ3v) is 5.01. The number of aromatic nitrogens is 2. The van der Waals surface area contributed by atoms with Crippen LogP contribution in [0.4, 0.5) is 5.82 Å². The van der Waals surface area contributed by atoms with Gasteiger partial charge in [-0.15, -0.1) is 0 Å². The van der Waals surface area contributed by atoms with Crippen LogP contribution in [-0.2, 0) is 11.3 Å². The predicted octanol–water partition coefficient (Wildman–Crippen LogP) is 4.24. The van der Waals surface area contributed by atoms with Gasteiger partial charge in [-0.25, -0.2) is 9.97 Å². The normalized spacial score (nSPS) is 13.6. The maximum absolute atomic E-state index is 11.7. The first-order valence-corrected chi connectivity index (χ1v) is 9.50. The molecule has 138 valence electrons. The highest BCUT2D eigenvalue weighted by atomic mass is 16.2. The minimum Gasteiger partial charge on any atom is -0.367 e. The third kappa shape index (κ3) is 3.92. The summed E-state index contributed by atoms with van der Waals surface area (Å²) < 4.78 is 0. The molecule has 1 heterocycles. The van der Waals surface area contributed by atoms with E-state index in [1.165, 1.54) is 12.8 Å². The van der Waals surface area contributed by atoms with Crippen molar-refractivity contribution in [1.82, 2.24) is 14.9 Å². The van der Waals surface area contributed by atoms with E-state index >= 15 is 0 Å². The average Bonchev–Trinajstić information content (AvgIpc) is 3.50. The van der Waals surface area contributed by atoms with E-state index in [9.17, 15) is 4.79 Å². The summed E-state index contributed by atoms with van der Waals surface area (Å²) in [5.41, 5.74) is 4.34. The molecular weight excluding hydrogens is 336 g/mol. The van der Waals surface area contributed by atoms with Crippen LogP contribution < -0.4 is 5.32 Å². The first-order chi connectivity index (χ1) is 13.1. The number of nitrogens with zero attached hydrogens (tertiary/aromatic N) is 3. The summed E-state index contributed by atoms with van der Waals surface area (Å²) in [5.74, 6) is 1.01. The molecule has 1 amide bonds. The van der Waals surface area contributed by atoms with Gasteiger partial charge in [-0.1, -0.05) is 24.3 Å². The van der Waals surface area contributed by atoms with Crippen LogP contribution in [0, 0.1) is 0 Å². The molecule has 27 heavy (non-hydrogen) atoms. The summed E-state index contributed by atoms with van der Waals surface area (Å²) in [4.78, 5) is 22.4. The Hall–Kier alpha value is -2.95. The maximum atomic E-state index is 11.7. The van der Waals surface area contributed by atoms with Crippen LogP contribution in [0.25, 0.3) is 22.0 Å². The van der Waals surface area contributed by atoms with Crippen LogP contribution in [0.2, 0.25) is 0 Å². The van der Waals surface area contributed by atoms with Crippen molar-refractivity contribution in [2.24, 2.45) is 0 Å². The smallest absolute Gasteiger partial charge is 0.219 e. The molecule has 1 N–H and O–H groups in total. The molecule has 4 rings (SSSR count). The van der Waals surface area contributed by atoms with Crippen molar-refractivity contribution in [3.05, 3.63) is 54.4 Å². The van der Waals surface area contributed by atoms with Crippen molar-refractivity contribution in [1.29, 1.82) is 0 Å². The van der Waals surface area contributed by atoms with Gasteiger partial charge in [0.25, 0.3) is 0 Å². The van der Waals surface area contributed by atoms with Gasteiger partial charge in [-0.2, -0.15) is 0 Å². The zero-order valence-electron chi connectivity index (χ0n) is 15.8. The molecular formula is C22H24N4O. The molecule has 5 heteroatoms. The van der Waals surface area contributed by atoms with E-state index in [4.69, 9.17) is 0 Å². The Kier molecular flexibility index (Phi) is 4.75. The lowest BCUT2D eigenvalue weighted by molar-refractivity contribution is -0.129. The summed E-state index contributed by atoms with van der Waals surface area (Å²) in [6.45, 7) is 4.96. The van der Waals surface area contributed by atoms with Gasteiger partial charge in [-0.3, -0.25) is 4.79 Å². The molecule has 0 radical (unpaired) electrons. The Bertz CT molecular complexity index is 981. The topological polar surface area (TPSA) is 58.1 Å². The number of benzene rings is 2. The zero-order valence-corrected chi connectivity index (χ0v) is 15.8. The lowest BCUT2D eigenvalue weighted by Gasteiger charge is -2.19. The molecule has 3 aromatic rings. The molecule has 5 nitrogen and oxygen atoms in total. The molecule has 0 spiro atoms. The zero-order chi connectivity index (χ0) is 18.8. The number of nitrogens with one attached hydrogen (secondary N) is 1. The standard InChI is InChI=1S/C22H24N4O/c1-3-26(15(2)27)13-16-5-4-6-17(11-16)18-7-10-21-20(12-18)22(24-14-23-21)25-19-8-9-19/h4-7,10-12,14,19H,3,8-9,13H2,1-2H3,(H,23,24,25). The second-order valence-electron chi connectivity index (χ2n) is 7.11. The largest absolute Gasteiger partial charge is 0.367 e. The molecule has 2 aromatic carbocycles. The highest BCUT2D eigenvalue weighted by molar-refractivity contribution is 5.92. The van der Waals surface area contributed by atoms with E-state index in [1.807, 2.05) is 24.0 Å². The average molecular weight is 360 g/mol. The Morgan fingerprint density at radius 3 is 2.70 bits per heavy atom. The molecule has 1 aromatic heterocycles. The first-order valence-electron chi connectivity index (χ1n) is 9.50. The minimum atomic E-state index is 0.0987. The fourth-order valence-corrected chi connectivity index (χ4v) is 3.29. The fourth-order valence-electron chi connectivity index (χ4n) is 3.29. The Morgan fingerprint density at radius 1 is 1.15 bits per heavy atom. The summed E-state index contributed by atoms with van der Waals surface area (Å²) in [7, 11) is 0. The number of carbonyl (C=O) groups excluding carboxylic acids is 1. The van der Waals surface area contributed by atoms with Gasteiger partial charge in [0.05, 0.1) is 5.52 Å². The van der Waals surface area contributed by atoms with Gasteiger partial charge >= 0.3 is 0 Å². The molecule has 1 saturated carbocycles. The monoisotopic (exact) mass is 360 g/mol. The molecule has 0 saturated heterocycles. The van der Waals surface area contributed by atoms with Gasteiger partial charge in [0.2, 0.25) is 5.91 Å². The Morgan fingerprint density at radius 2 is 1.96 bits per heavy atom. The van der Waals surface area contributed by atoms with E-state index in [1.54, 1.807) is 13.3 Å². The molecule has 0 aliphatic heterocycles. The van der Waals surface area contributed by atoms with Crippen LogP contribution in [-0.4, -0.2) is 33.4 Å². The van der Waals surface area contributed by atoms with Crippen molar-refractivity contribution < 1.29 is 4.79 Å². The number of hydrogen-bond acceptors (Lipinski definition) is 4. The maximum Gasteiger partial charge on any atom is 0.219 e. The summed E-state index contributed by atoms with van der Waals surface area (Å²) in [6, 6.07) is 15.2. The highest BCUT2D eigenvalue weighted by Gasteiger charge is 2.22. The van der Waals surface area contributed by atoms with E-state index in [2.05, 4.69) is 45.6 Å². The van der Waals surface area contributed by atoms with Crippen molar-refractivity contribution in [2.75, 3.05) is 11.9 Å². The van der Waals surface area contributed by atoms with Crippen molar-refractivity contribution in [3.63, 3.8) is 0 Å². The van der Waals surface area contributed by atoms with Crippen LogP contribution in [0.3, 0.4) is 0 Å². The summed E-state index contributed by atoms with van der Waals surface area (Å²) in [6.07, 6.45) is 4.03. The predicted molar refractivity (Wildman–Crippen MR) is 108 cm³/mol. The van der Waals surface area contributed by atoms with Crippen LogP contribution in [0.1, 0.15) is 32.3 Å². The lowest BCUT2D eigenvalue weighted by Crippen LogP contribution is -2.27. The van der Waals surface area contributed by atoms with Crippen LogP contribution in [0.5, 0.6) is 0 Å². The Balaban J connectivity index is 1.67. The van der Waals surface area contributed by atoms with Crippen molar-refractivity contribution in [3.8, 4) is 11.1 Å². The number of hydrogen-bond donors (Lipinski definition) is 1. The van der Waals surface area contributed by atoms with Gasteiger partial charge in [0, 0.05) is 31.4 Å². The second kappa shape index (κ2) is 7.35. The first kappa shape index (κ1) is 17.5. The number of rotatable bonds is 6. The number of anilines is 1. The fraction of sp³-hybridized carbons (Fsp3) is 0.318. The highest BCUT2D eigenvalue weighted by Crippen LogP contribution is 2.30. The second-order valence-corrected chi connectivity index (χ2v) is 7.11. The van der Waals surface area contributed by atoms with Gasteiger partial charge in [0.1, 0.15) is 12.1 Å². The van der Waals surface area contributed by atoms with E-state index in [-0.39, 0.29) is 5.91 Å². The SMILES string of the molecule is CCN(Cc1cccc(-c2ccc3ncnc(NC4CC4)c3c2)c1)C(C)=O. The van der Waals surface area contributed by atoms with E-state index in [0.717, 1.165) is 33.4 Å². The lowest BCUT2D eigenvalue weighted by atomic mass is 10.0. The van der Waals surface area contributed by atoms with E-state index in [0.29, 0.717) is 19.1 Å². The van der Waals surface area contributed by atoms with Gasteiger partial charge in [-0.05, 0) is 54.7 Å². The van der Waals surface area contributed by atoms with Gasteiger partial charge < -0.3 is 10.2 Å².